The first-order chi connectivity index (χ1) is 11.2. The van der Waals surface area contributed by atoms with Crippen molar-refractivity contribution in [2.75, 3.05) is 5.32 Å². The smallest absolute Gasteiger partial charge is 0.154 e. The number of benzene rings is 1. The van der Waals surface area contributed by atoms with Crippen molar-refractivity contribution in [1.29, 1.82) is 0 Å². The van der Waals surface area contributed by atoms with Crippen molar-refractivity contribution in [2.24, 2.45) is 0 Å². The van der Waals surface area contributed by atoms with Crippen LogP contribution in [0.3, 0.4) is 0 Å². The number of H-pyrrole nitrogens is 1. The van der Waals surface area contributed by atoms with E-state index < -0.39 is 0 Å². The van der Waals surface area contributed by atoms with Gasteiger partial charge in [-0.1, -0.05) is 43.3 Å². The van der Waals surface area contributed by atoms with E-state index in [9.17, 15) is 0 Å². The fourth-order valence-corrected chi connectivity index (χ4v) is 2.19. The molecule has 2 aromatic heterocycles. The summed E-state index contributed by atoms with van der Waals surface area (Å²) in [6.07, 6.45) is 4.79. The van der Waals surface area contributed by atoms with Crippen LogP contribution in [0.2, 0.25) is 0 Å². The van der Waals surface area contributed by atoms with Crippen molar-refractivity contribution in [3.63, 3.8) is 0 Å². The van der Waals surface area contributed by atoms with Gasteiger partial charge in [0.2, 0.25) is 0 Å². The van der Waals surface area contributed by atoms with Gasteiger partial charge in [0.05, 0.1) is 0 Å². The number of anilines is 2. The molecule has 0 aliphatic carbocycles. The van der Waals surface area contributed by atoms with E-state index in [0.717, 1.165) is 35.0 Å². The molecule has 3 aromatic rings. The van der Waals surface area contributed by atoms with Crippen LogP contribution in [0.4, 0.5) is 11.6 Å². The molecule has 0 unspecified atom stereocenters. The first-order valence-corrected chi connectivity index (χ1v) is 7.63. The minimum Gasteiger partial charge on any atom is -0.323 e. The molecule has 3 rings (SSSR count). The second-order valence-corrected chi connectivity index (χ2v) is 5.26. The normalized spacial score (nSPS) is 11.0. The summed E-state index contributed by atoms with van der Waals surface area (Å²) >= 11 is 0. The molecule has 0 fully saturated rings. The fraction of sp³-hybridized carbons (Fsp3) is 0.167. The highest BCUT2D eigenvalue weighted by atomic mass is 15.2. The zero-order valence-electron chi connectivity index (χ0n) is 13.2. The molecular weight excluding hydrogens is 286 g/mol. The van der Waals surface area contributed by atoms with Crippen LogP contribution in [0.15, 0.2) is 42.5 Å². The third kappa shape index (κ3) is 4.03. The lowest BCUT2D eigenvalue weighted by atomic mass is 10.2. The fourth-order valence-electron chi connectivity index (χ4n) is 2.19. The topological polar surface area (TPSA) is 66.5 Å². The Bertz CT molecular complexity index is 805. The Hall–Kier alpha value is -2.95. The predicted molar refractivity (Wildman–Crippen MR) is 93.4 cm³/mol. The minimum absolute atomic E-state index is 0.683. The summed E-state index contributed by atoms with van der Waals surface area (Å²) < 4.78 is 0. The molecule has 23 heavy (non-hydrogen) atoms. The van der Waals surface area contributed by atoms with Crippen LogP contribution in [0, 0.1) is 6.92 Å². The molecule has 0 radical (unpaired) electrons. The van der Waals surface area contributed by atoms with Crippen LogP contribution in [0.5, 0.6) is 0 Å². The maximum absolute atomic E-state index is 4.55. The molecule has 0 amide bonds. The van der Waals surface area contributed by atoms with Crippen LogP contribution < -0.4 is 5.32 Å². The van der Waals surface area contributed by atoms with Crippen molar-refractivity contribution in [3.8, 4) is 0 Å². The zero-order valence-corrected chi connectivity index (χ0v) is 13.2. The molecule has 2 N–H and O–H groups in total. The lowest BCUT2D eigenvalue weighted by Gasteiger charge is -2.05. The molecule has 5 heteroatoms. The van der Waals surface area contributed by atoms with Gasteiger partial charge in [-0.25, -0.2) is 9.97 Å². The van der Waals surface area contributed by atoms with E-state index in [1.165, 1.54) is 0 Å². The third-order valence-corrected chi connectivity index (χ3v) is 3.35. The van der Waals surface area contributed by atoms with E-state index in [0.29, 0.717) is 5.82 Å². The highest BCUT2D eigenvalue weighted by Crippen LogP contribution is 2.15. The van der Waals surface area contributed by atoms with Gasteiger partial charge in [0, 0.05) is 23.5 Å². The summed E-state index contributed by atoms with van der Waals surface area (Å²) in [7, 11) is 0. The summed E-state index contributed by atoms with van der Waals surface area (Å²) in [5, 5.41) is 10.3. The standard InChI is InChI=1S/C18H19N5/c1-3-15-12-17(21-18-11-13(2)22-23-18)20-16(19-15)10-9-14-7-5-4-6-8-14/h4-12H,3H2,1-2H3,(H2,19,20,21,22,23)/b10-9+. The van der Waals surface area contributed by atoms with Gasteiger partial charge in [0.1, 0.15) is 5.82 Å². The van der Waals surface area contributed by atoms with E-state index in [4.69, 9.17) is 0 Å². The van der Waals surface area contributed by atoms with Crippen LogP contribution >= 0.6 is 0 Å². The van der Waals surface area contributed by atoms with Gasteiger partial charge in [-0.05, 0) is 25.0 Å². The highest BCUT2D eigenvalue weighted by Gasteiger charge is 2.04. The molecule has 0 spiro atoms. The molecule has 0 aliphatic heterocycles. The molecule has 0 bridgehead atoms. The van der Waals surface area contributed by atoms with Crippen molar-refractivity contribution in [2.45, 2.75) is 20.3 Å². The second kappa shape index (κ2) is 6.87. The molecule has 0 saturated heterocycles. The van der Waals surface area contributed by atoms with Crippen LogP contribution in [-0.2, 0) is 6.42 Å². The van der Waals surface area contributed by atoms with Gasteiger partial charge >= 0.3 is 0 Å². The Morgan fingerprint density at radius 2 is 1.87 bits per heavy atom. The molecule has 0 saturated carbocycles. The summed E-state index contributed by atoms with van der Waals surface area (Å²) in [6.45, 7) is 4.04. The molecule has 1 aromatic carbocycles. The SMILES string of the molecule is CCc1cc(Nc2cc(C)[nH]n2)nc(/C=C/c2ccccc2)n1. The number of aromatic nitrogens is 4. The molecule has 2 heterocycles. The first-order valence-electron chi connectivity index (χ1n) is 7.63. The second-order valence-electron chi connectivity index (χ2n) is 5.26. The number of nitrogens with zero attached hydrogens (tertiary/aromatic N) is 3. The summed E-state index contributed by atoms with van der Waals surface area (Å²) in [4.78, 5) is 9.09. The largest absolute Gasteiger partial charge is 0.323 e. The molecule has 0 aliphatic rings. The van der Waals surface area contributed by atoms with Crippen molar-refractivity contribution in [3.05, 3.63) is 65.2 Å². The summed E-state index contributed by atoms with van der Waals surface area (Å²) in [6, 6.07) is 14.0. The van der Waals surface area contributed by atoms with Gasteiger partial charge in [0.25, 0.3) is 0 Å². The monoisotopic (exact) mass is 305 g/mol. The average Bonchev–Trinajstić information content (AvgIpc) is 2.98. The number of aromatic amines is 1. The third-order valence-electron chi connectivity index (χ3n) is 3.35. The molecule has 0 atom stereocenters. The highest BCUT2D eigenvalue weighted by molar-refractivity contribution is 5.67. The van der Waals surface area contributed by atoms with Gasteiger partial charge in [-0.3, -0.25) is 5.10 Å². The number of rotatable bonds is 5. The maximum atomic E-state index is 4.55. The Morgan fingerprint density at radius 3 is 2.57 bits per heavy atom. The van der Waals surface area contributed by atoms with Gasteiger partial charge in [-0.15, -0.1) is 0 Å². The lowest BCUT2D eigenvalue weighted by Crippen LogP contribution is -2.00. The first kappa shape index (κ1) is 15.0. The number of nitrogens with one attached hydrogen (secondary N) is 2. The van der Waals surface area contributed by atoms with Gasteiger partial charge in [0.15, 0.2) is 11.6 Å². The average molecular weight is 305 g/mol. The number of aryl methyl sites for hydroxylation is 2. The van der Waals surface area contributed by atoms with E-state index in [1.54, 1.807) is 0 Å². The van der Waals surface area contributed by atoms with Crippen molar-refractivity contribution >= 4 is 23.8 Å². The van der Waals surface area contributed by atoms with E-state index in [-0.39, 0.29) is 0 Å². The number of hydrogen-bond donors (Lipinski definition) is 2. The Morgan fingerprint density at radius 1 is 1.04 bits per heavy atom. The molecular formula is C18H19N5. The van der Waals surface area contributed by atoms with Gasteiger partial charge < -0.3 is 5.32 Å². The predicted octanol–water partition coefficient (Wildman–Crippen LogP) is 3.98. The van der Waals surface area contributed by atoms with E-state index in [2.05, 4.69) is 32.4 Å². The van der Waals surface area contributed by atoms with Crippen molar-refractivity contribution in [1.82, 2.24) is 20.2 Å². The Balaban J connectivity index is 1.85. The van der Waals surface area contributed by atoms with Crippen LogP contribution in [0.25, 0.3) is 12.2 Å². The number of hydrogen-bond acceptors (Lipinski definition) is 4. The van der Waals surface area contributed by atoms with Gasteiger partial charge in [-0.2, -0.15) is 5.10 Å². The zero-order chi connectivity index (χ0) is 16.1. The Kier molecular flexibility index (Phi) is 4.47. The molecule has 5 nitrogen and oxygen atoms in total. The van der Waals surface area contributed by atoms with Crippen LogP contribution in [-0.4, -0.2) is 20.2 Å². The minimum atomic E-state index is 0.683. The van der Waals surface area contributed by atoms with E-state index >= 15 is 0 Å². The van der Waals surface area contributed by atoms with Crippen LogP contribution in [0.1, 0.15) is 29.7 Å². The Labute approximate surface area is 135 Å². The molecule has 116 valence electrons. The lowest BCUT2D eigenvalue weighted by molar-refractivity contribution is 0.985. The van der Waals surface area contributed by atoms with Crippen molar-refractivity contribution < 1.29 is 0 Å². The maximum Gasteiger partial charge on any atom is 0.154 e. The quantitative estimate of drug-likeness (QED) is 0.748. The summed E-state index contributed by atoms with van der Waals surface area (Å²) in [5.41, 5.74) is 3.11. The summed E-state index contributed by atoms with van der Waals surface area (Å²) in [5.74, 6) is 2.18. The van der Waals surface area contributed by atoms with E-state index in [1.807, 2.05) is 61.5 Å².